The molecular weight excluding hydrogens is 432 g/mol. The van der Waals surface area contributed by atoms with E-state index >= 15 is 0 Å². The van der Waals surface area contributed by atoms with Crippen molar-refractivity contribution in [2.45, 2.75) is 44.2 Å². The number of nitrogens with zero attached hydrogens (tertiary/aromatic N) is 1. The first-order chi connectivity index (χ1) is 16.4. The van der Waals surface area contributed by atoms with Gasteiger partial charge in [0.05, 0.1) is 5.92 Å². The molecule has 3 unspecified atom stereocenters. The van der Waals surface area contributed by atoms with Crippen LogP contribution >= 0.6 is 0 Å². The van der Waals surface area contributed by atoms with Crippen molar-refractivity contribution in [3.8, 4) is 23.5 Å². The maximum Gasteiger partial charge on any atom is 0.407 e. The number of nitrogens with one attached hydrogen (secondary N) is 1. The van der Waals surface area contributed by atoms with E-state index in [0.29, 0.717) is 19.4 Å². The van der Waals surface area contributed by atoms with Crippen LogP contribution in [0, 0.1) is 18.3 Å². The van der Waals surface area contributed by atoms with Crippen molar-refractivity contribution in [3.05, 3.63) is 59.7 Å². The second-order valence-electron chi connectivity index (χ2n) is 8.87. The summed E-state index contributed by atoms with van der Waals surface area (Å²) >= 11 is 0. The van der Waals surface area contributed by atoms with Gasteiger partial charge in [0.2, 0.25) is 5.91 Å². The average Bonchev–Trinajstić information content (AvgIpc) is 3.15. The van der Waals surface area contributed by atoms with Gasteiger partial charge in [0, 0.05) is 24.9 Å². The van der Waals surface area contributed by atoms with Gasteiger partial charge in [-0.25, -0.2) is 4.79 Å². The van der Waals surface area contributed by atoms with E-state index in [2.05, 4.69) is 23.4 Å². The van der Waals surface area contributed by atoms with Crippen molar-refractivity contribution in [2.24, 2.45) is 5.92 Å². The molecule has 2 amide bonds. The van der Waals surface area contributed by atoms with Crippen LogP contribution in [0.4, 0.5) is 4.79 Å². The third kappa shape index (κ3) is 4.62. The van der Waals surface area contributed by atoms with Gasteiger partial charge in [0.15, 0.2) is 0 Å². The lowest BCUT2D eigenvalue weighted by Gasteiger charge is -2.38. The number of likely N-dealkylation sites (tertiary alicyclic amines) is 1. The summed E-state index contributed by atoms with van der Waals surface area (Å²) in [5.41, 5.74) is 4.46. The average molecular weight is 461 g/mol. The Hall–Kier alpha value is -3.79. The van der Waals surface area contributed by atoms with Gasteiger partial charge in [0.25, 0.3) is 0 Å². The van der Waals surface area contributed by atoms with Crippen LogP contribution in [0.3, 0.4) is 0 Å². The number of benzene rings is 2. The molecule has 1 heterocycles. The van der Waals surface area contributed by atoms with Crippen LogP contribution in [0.25, 0.3) is 11.1 Å². The fourth-order valence-corrected chi connectivity index (χ4v) is 5.02. The number of ether oxygens (including phenoxy) is 1. The maximum atomic E-state index is 13.1. The number of carboxylic acids is 1. The van der Waals surface area contributed by atoms with Gasteiger partial charge >= 0.3 is 12.1 Å². The number of aliphatic carboxylic acids is 1. The Balaban J connectivity index is 1.40. The van der Waals surface area contributed by atoms with Gasteiger partial charge in [-0.3, -0.25) is 9.59 Å². The highest BCUT2D eigenvalue weighted by Gasteiger charge is 2.36. The SMILES string of the molecule is C#CCC(NC(=O)OCC1c2ccccc2-c2ccccc21)C(=O)N1CCC(C(=O)O)CC1C. The van der Waals surface area contributed by atoms with Crippen LogP contribution in [0.5, 0.6) is 0 Å². The van der Waals surface area contributed by atoms with Gasteiger partial charge in [-0.2, -0.15) is 0 Å². The lowest BCUT2D eigenvalue weighted by Crippen LogP contribution is -2.54. The zero-order chi connectivity index (χ0) is 24.2. The number of rotatable bonds is 6. The number of carbonyl (C=O) groups is 3. The molecule has 176 valence electrons. The number of amides is 2. The lowest BCUT2D eigenvalue weighted by atomic mass is 9.91. The van der Waals surface area contributed by atoms with Gasteiger partial charge in [-0.05, 0) is 42.0 Å². The Labute approximate surface area is 199 Å². The second-order valence-corrected chi connectivity index (χ2v) is 8.87. The molecule has 2 aromatic rings. The van der Waals surface area contributed by atoms with Crippen molar-refractivity contribution >= 4 is 18.0 Å². The number of carbonyl (C=O) groups excluding carboxylic acids is 2. The van der Waals surface area contributed by atoms with Crippen molar-refractivity contribution in [1.29, 1.82) is 0 Å². The Morgan fingerprint density at radius 1 is 1.15 bits per heavy atom. The summed E-state index contributed by atoms with van der Waals surface area (Å²) < 4.78 is 5.56. The molecule has 7 heteroatoms. The Kier molecular flexibility index (Phi) is 6.87. The van der Waals surface area contributed by atoms with Crippen molar-refractivity contribution < 1.29 is 24.2 Å². The zero-order valence-corrected chi connectivity index (χ0v) is 19.1. The lowest BCUT2D eigenvalue weighted by molar-refractivity contribution is -0.148. The molecule has 7 nitrogen and oxygen atoms in total. The molecule has 1 aliphatic carbocycles. The molecule has 1 fully saturated rings. The molecule has 0 bridgehead atoms. The highest BCUT2D eigenvalue weighted by molar-refractivity contribution is 5.86. The van der Waals surface area contributed by atoms with Crippen LogP contribution in [-0.4, -0.2) is 53.2 Å². The summed E-state index contributed by atoms with van der Waals surface area (Å²) in [7, 11) is 0. The van der Waals surface area contributed by atoms with E-state index in [1.54, 1.807) is 4.90 Å². The molecule has 0 aromatic heterocycles. The van der Waals surface area contributed by atoms with Crippen LogP contribution in [0.1, 0.15) is 43.2 Å². The number of hydrogen-bond donors (Lipinski definition) is 2. The highest BCUT2D eigenvalue weighted by atomic mass is 16.5. The first kappa shape index (κ1) is 23.4. The molecule has 3 atom stereocenters. The molecule has 1 aliphatic heterocycles. The molecule has 2 aliphatic rings. The van der Waals surface area contributed by atoms with Crippen LogP contribution in [0.2, 0.25) is 0 Å². The maximum absolute atomic E-state index is 13.1. The molecule has 2 N–H and O–H groups in total. The van der Waals surface area contributed by atoms with Gasteiger partial charge in [-0.1, -0.05) is 48.5 Å². The Bertz CT molecular complexity index is 1090. The Morgan fingerprint density at radius 2 is 1.76 bits per heavy atom. The Morgan fingerprint density at radius 3 is 2.32 bits per heavy atom. The number of piperidine rings is 1. The van der Waals surface area contributed by atoms with Crippen LogP contribution in [-0.2, 0) is 14.3 Å². The number of fused-ring (bicyclic) bond motifs is 3. The third-order valence-corrected chi connectivity index (χ3v) is 6.76. The standard InChI is InChI=1S/C27H28N2O5/c1-3-8-24(25(30)29-14-13-18(26(31)32)15-17(29)2)28-27(33)34-16-23-21-11-6-4-9-19(21)20-10-5-7-12-22(20)23/h1,4-7,9-12,17-18,23-24H,8,13-16H2,2H3,(H,28,33)(H,31,32). The number of terminal acetylenes is 1. The van der Waals surface area contributed by atoms with Crippen LogP contribution in [0.15, 0.2) is 48.5 Å². The highest BCUT2D eigenvalue weighted by Crippen LogP contribution is 2.44. The minimum atomic E-state index is -0.926. The van der Waals surface area contributed by atoms with E-state index in [4.69, 9.17) is 11.2 Å². The first-order valence-corrected chi connectivity index (χ1v) is 11.5. The number of carboxylic acid groups (broad SMARTS) is 1. The van der Waals surface area contributed by atoms with Gasteiger partial charge in [0.1, 0.15) is 12.6 Å². The first-order valence-electron chi connectivity index (χ1n) is 11.5. The van der Waals surface area contributed by atoms with E-state index < -0.39 is 24.0 Å². The minimum absolute atomic E-state index is 0.0224. The van der Waals surface area contributed by atoms with Gasteiger partial charge in [-0.15, -0.1) is 12.3 Å². The summed E-state index contributed by atoms with van der Waals surface area (Å²) in [6, 6.07) is 14.9. The summed E-state index contributed by atoms with van der Waals surface area (Å²) in [5.74, 6) is 0.718. The van der Waals surface area contributed by atoms with E-state index in [1.165, 1.54) is 0 Å². The quantitative estimate of drug-likeness (QED) is 0.642. The molecular formula is C27H28N2O5. The predicted octanol–water partition coefficient (Wildman–Crippen LogP) is 3.63. The molecule has 1 saturated heterocycles. The normalized spacial score (nSPS) is 19.9. The van der Waals surface area contributed by atoms with E-state index in [9.17, 15) is 19.5 Å². The largest absolute Gasteiger partial charge is 0.481 e. The number of alkyl carbamates (subject to hydrolysis) is 1. The fourth-order valence-electron chi connectivity index (χ4n) is 5.02. The molecule has 34 heavy (non-hydrogen) atoms. The summed E-state index contributed by atoms with van der Waals surface area (Å²) in [6.07, 6.45) is 5.52. The minimum Gasteiger partial charge on any atom is -0.481 e. The van der Waals surface area contributed by atoms with Crippen molar-refractivity contribution in [1.82, 2.24) is 10.2 Å². The van der Waals surface area contributed by atoms with Crippen molar-refractivity contribution in [3.63, 3.8) is 0 Å². The fraction of sp³-hybridized carbons (Fsp3) is 0.370. The predicted molar refractivity (Wildman–Crippen MR) is 127 cm³/mol. The van der Waals surface area contributed by atoms with Gasteiger partial charge < -0.3 is 20.1 Å². The van der Waals surface area contributed by atoms with E-state index in [1.807, 2.05) is 43.3 Å². The monoisotopic (exact) mass is 460 g/mol. The molecule has 4 rings (SSSR count). The zero-order valence-electron chi connectivity index (χ0n) is 19.1. The molecule has 0 saturated carbocycles. The summed E-state index contributed by atoms with van der Waals surface area (Å²) in [4.78, 5) is 38.7. The topological polar surface area (TPSA) is 95.9 Å². The smallest absolute Gasteiger partial charge is 0.407 e. The number of hydrogen-bond acceptors (Lipinski definition) is 4. The van der Waals surface area contributed by atoms with Crippen LogP contribution < -0.4 is 5.32 Å². The summed E-state index contributed by atoms with van der Waals surface area (Å²) in [6.45, 7) is 2.26. The van der Waals surface area contributed by atoms with Crippen molar-refractivity contribution in [2.75, 3.05) is 13.2 Å². The molecule has 0 spiro atoms. The third-order valence-electron chi connectivity index (χ3n) is 6.76. The molecule has 2 aromatic carbocycles. The second kappa shape index (κ2) is 10.0. The summed E-state index contributed by atoms with van der Waals surface area (Å²) in [5, 5.41) is 11.9. The van der Waals surface area contributed by atoms with E-state index in [0.717, 1.165) is 22.3 Å². The molecule has 0 radical (unpaired) electrons. The van der Waals surface area contributed by atoms with E-state index in [-0.39, 0.29) is 30.9 Å².